The van der Waals surface area contributed by atoms with Crippen LogP contribution in [0.3, 0.4) is 0 Å². The van der Waals surface area contributed by atoms with Crippen LogP contribution < -0.4 is 0 Å². The van der Waals surface area contributed by atoms with E-state index < -0.39 is 11.5 Å². The van der Waals surface area contributed by atoms with Gasteiger partial charge < -0.3 is 9.63 Å². The highest BCUT2D eigenvalue weighted by atomic mass is 16.5. The van der Waals surface area contributed by atoms with Crippen molar-refractivity contribution in [3.8, 4) is 0 Å². The topological polar surface area (TPSA) is 66.6 Å². The molecule has 5 heteroatoms. The fourth-order valence-corrected chi connectivity index (χ4v) is 3.13. The van der Waals surface area contributed by atoms with Gasteiger partial charge in [-0.2, -0.15) is 0 Å². The molecule has 0 amide bonds. The Kier molecular flexibility index (Phi) is 3.94. The zero-order valence-electron chi connectivity index (χ0n) is 11.9. The Morgan fingerprint density at radius 2 is 2.26 bits per heavy atom. The van der Waals surface area contributed by atoms with Gasteiger partial charge in [-0.25, -0.2) is 0 Å². The van der Waals surface area contributed by atoms with Crippen LogP contribution in [0.15, 0.2) is 4.52 Å². The molecule has 1 N–H and O–H groups in total. The number of aromatic nitrogens is 1. The third-order valence-corrected chi connectivity index (χ3v) is 4.22. The summed E-state index contributed by atoms with van der Waals surface area (Å²) in [7, 11) is 0. The number of nitrogens with zero attached hydrogens (tertiary/aromatic N) is 2. The summed E-state index contributed by atoms with van der Waals surface area (Å²) in [5, 5.41) is 13.6. The number of aliphatic carboxylic acids is 1. The number of likely N-dealkylation sites (tertiary alicyclic amines) is 1. The molecule has 0 radical (unpaired) electrons. The van der Waals surface area contributed by atoms with Crippen LogP contribution in [0.5, 0.6) is 0 Å². The first-order valence-corrected chi connectivity index (χ1v) is 6.91. The van der Waals surface area contributed by atoms with Gasteiger partial charge in [0.1, 0.15) is 11.3 Å². The van der Waals surface area contributed by atoms with Crippen molar-refractivity contribution in [2.75, 3.05) is 6.54 Å². The third-order valence-electron chi connectivity index (χ3n) is 4.22. The van der Waals surface area contributed by atoms with E-state index in [0.29, 0.717) is 13.0 Å². The Hall–Kier alpha value is -1.36. The Balaban J connectivity index is 2.25. The van der Waals surface area contributed by atoms with Gasteiger partial charge in [-0.15, -0.1) is 0 Å². The molecule has 5 nitrogen and oxygen atoms in total. The molecule has 106 valence electrons. The molecule has 1 fully saturated rings. The standard InChI is InChI=1S/C14H22N2O3/c1-4-6-14(13(17)18)7-5-8-16(14)9-12-10(2)15-19-11(12)3/h4-9H2,1-3H3,(H,17,18). The second-order valence-electron chi connectivity index (χ2n) is 5.41. The highest BCUT2D eigenvalue weighted by molar-refractivity contribution is 5.79. The smallest absolute Gasteiger partial charge is 0.324 e. The van der Waals surface area contributed by atoms with E-state index in [1.54, 1.807) is 0 Å². The van der Waals surface area contributed by atoms with Crippen molar-refractivity contribution in [1.29, 1.82) is 0 Å². The quantitative estimate of drug-likeness (QED) is 0.887. The predicted octanol–water partition coefficient (Wildman–Crippen LogP) is 2.51. The first kappa shape index (κ1) is 14.1. The van der Waals surface area contributed by atoms with Crippen LogP contribution in [0.1, 0.15) is 49.6 Å². The largest absolute Gasteiger partial charge is 0.480 e. The fourth-order valence-electron chi connectivity index (χ4n) is 3.13. The van der Waals surface area contributed by atoms with Gasteiger partial charge in [0.25, 0.3) is 0 Å². The molecule has 0 spiro atoms. The second kappa shape index (κ2) is 5.33. The van der Waals surface area contributed by atoms with E-state index in [2.05, 4.69) is 10.1 Å². The highest BCUT2D eigenvalue weighted by Crippen LogP contribution is 2.36. The maximum Gasteiger partial charge on any atom is 0.324 e. The zero-order valence-corrected chi connectivity index (χ0v) is 11.9. The summed E-state index contributed by atoms with van der Waals surface area (Å²) in [6.45, 7) is 7.28. The van der Waals surface area contributed by atoms with E-state index in [-0.39, 0.29) is 0 Å². The molecule has 0 saturated carbocycles. The fraction of sp³-hybridized carbons (Fsp3) is 0.714. The number of rotatable bonds is 5. The van der Waals surface area contributed by atoms with Gasteiger partial charge in [-0.1, -0.05) is 18.5 Å². The lowest BCUT2D eigenvalue weighted by molar-refractivity contribution is -0.150. The van der Waals surface area contributed by atoms with Crippen LogP contribution in [-0.4, -0.2) is 33.2 Å². The van der Waals surface area contributed by atoms with Gasteiger partial charge in [0.05, 0.1) is 5.69 Å². The SMILES string of the molecule is CCCC1(C(=O)O)CCCN1Cc1c(C)noc1C. The van der Waals surface area contributed by atoms with Crippen LogP contribution in [0.4, 0.5) is 0 Å². The molecule has 1 aromatic heterocycles. The van der Waals surface area contributed by atoms with Gasteiger partial charge in [0.15, 0.2) is 0 Å². The molecular formula is C14H22N2O3. The number of hydrogen-bond acceptors (Lipinski definition) is 4. The van der Waals surface area contributed by atoms with Gasteiger partial charge in [-0.3, -0.25) is 9.69 Å². The van der Waals surface area contributed by atoms with E-state index in [4.69, 9.17) is 4.52 Å². The minimum absolute atomic E-state index is 0.619. The van der Waals surface area contributed by atoms with Crippen LogP contribution in [0, 0.1) is 13.8 Å². The normalized spacial score (nSPS) is 23.9. The van der Waals surface area contributed by atoms with Crippen LogP contribution in [0.2, 0.25) is 0 Å². The Morgan fingerprint density at radius 1 is 1.53 bits per heavy atom. The molecule has 1 atom stereocenters. The van der Waals surface area contributed by atoms with Crippen molar-refractivity contribution in [3.05, 3.63) is 17.0 Å². The average molecular weight is 266 g/mol. The van der Waals surface area contributed by atoms with E-state index in [1.807, 2.05) is 20.8 Å². The number of hydrogen-bond donors (Lipinski definition) is 1. The van der Waals surface area contributed by atoms with Crippen molar-refractivity contribution < 1.29 is 14.4 Å². The average Bonchev–Trinajstić information content (AvgIpc) is 2.90. The Labute approximate surface area is 113 Å². The predicted molar refractivity (Wildman–Crippen MR) is 70.9 cm³/mol. The summed E-state index contributed by atoms with van der Waals surface area (Å²) in [5.74, 6) is 0.0961. The van der Waals surface area contributed by atoms with Crippen LogP contribution >= 0.6 is 0 Å². The van der Waals surface area contributed by atoms with Gasteiger partial charge >= 0.3 is 5.97 Å². The molecule has 19 heavy (non-hydrogen) atoms. The zero-order chi connectivity index (χ0) is 14.0. The van der Waals surface area contributed by atoms with Crippen molar-refractivity contribution in [1.82, 2.24) is 10.1 Å². The molecule has 0 aliphatic carbocycles. The Morgan fingerprint density at radius 3 is 2.79 bits per heavy atom. The lowest BCUT2D eigenvalue weighted by Gasteiger charge is -2.34. The molecule has 0 aromatic carbocycles. The number of aryl methyl sites for hydroxylation is 2. The van der Waals surface area contributed by atoms with Crippen LogP contribution in [-0.2, 0) is 11.3 Å². The lowest BCUT2D eigenvalue weighted by Crippen LogP contribution is -2.50. The summed E-state index contributed by atoms with van der Waals surface area (Å²) in [6, 6.07) is 0. The van der Waals surface area contributed by atoms with Crippen molar-refractivity contribution in [2.24, 2.45) is 0 Å². The molecule has 1 aliphatic rings. The number of carboxylic acid groups (broad SMARTS) is 1. The maximum atomic E-state index is 11.7. The molecular weight excluding hydrogens is 244 g/mol. The maximum absolute atomic E-state index is 11.7. The first-order valence-electron chi connectivity index (χ1n) is 6.91. The number of carbonyl (C=O) groups is 1. The van der Waals surface area contributed by atoms with Gasteiger partial charge in [0, 0.05) is 12.1 Å². The lowest BCUT2D eigenvalue weighted by atomic mass is 9.90. The summed E-state index contributed by atoms with van der Waals surface area (Å²) in [5.41, 5.74) is 1.19. The minimum atomic E-state index is -0.703. The molecule has 2 rings (SSSR count). The summed E-state index contributed by atoms with van der Waals surface area (Å²) in [4.78, 5) is 13.8. The van der Waals surface area contributed by atoms with Crippen molar-refractivity contribution in [3.63, 3.8) is 0 Å². The summed E-state index contributed by atoms with van der Waals surface area (Å²) < 4.78 is 5.17. The highest BCUT2D eigenvalue weighted by Gasteiger charge is 2.46. The monoisotopic (exact) mass is 266 g/mol. The molecule has 2 heterocycles. The number of carboxylic acids is 1. The molecule has 1 unspecified atom stereocenters. The minimum Gasteiger partial charge on any atom is -0.480 e. The van der Waals surface area contributed by atoms with Crippen molar-refractivity contribution >= 4 is 5.97 Å². The molecule has 1 aromatic rings. The molecule has 1 aliphatic heterocycles. The van der Waals surface area contributed by atoms with Gasteiger partial charge in [-0.05, 0) is 39.7 Å². The van der Waals surface area contributed by atoms with E-state index in [1.165, 1.54) is 0 Å². The van der Waals surface area contributed by atoms with Crippen LogP contribution in [0.25, 0.3) is 0 Å². The van der Waals surface area contributed by atoms with E-state index in [0.717, 1.165) is 42.8 Å². The first-order chi connectivity index (χ1) is 9.01. The van der Waals surface area contributed by atoms with E-state index in [9.17, 15) is 9.90 Å². The summed E-state index contributed by atoms with van der Waals surface area (Å²) in [6.07, 6.45) is 3.26. The molecule has 0 bridgehead atoms. The van der Waals surface area contributed by atoms with Crippen molar-refractivity contribution in [2.45, 2.75) is 58.5 Å². The molecule has 1 saturated heterocycles. The third kappa shape index (κ3) is 2.39. The second-order valence-corrected chi connectivity index (χ2v) is 5.41. The Bertz CT molecular complexity index is 450. The summed E-state index contributed by atoms with van der Waals surface area (Å²) >= 11 is 0. The van der Waals surface area contributed by atoms with E-state index >= 15 is 0 Å². The van der Waals surface area contributed by atoms with Gasteiger partial charge in [0.2, 0.25) is 0 Å².